The largest absolute Gasteiger partial charge is 0.462 e. The number of carbonyl (C=O) groups excluding carboxylic acids is 2. The van der Waals surface area contributed by atoms with Gasteiger partial charge in [0.15, 0.2) is 0 Å². The molecule has 1 atom stereocenters. The summed E-state index contributed by atoms with van der Waals surface area (Å²) < 4.78 is 12.8. The molecule has 8 nitrogen and oxygen atoms in total. The van der Waals surface area contributed by atoms with Crippen LogP contribution >= 0.6 is 11.3 Å². The van der Waals surface area contributed by atoms with Crippen LogP contribution in [0.2, 0.25) is 0 Å². The minimum absolute atomic E-state index is 0.126. The van der Waals surface area contributed by atoms with Gasteiger partial charge in [-0.25, -0.2) is 14.6 Å². The second kappa shape index (κ2) is 8.70. The Morgan fingerprint density at radius 3 is 2.76 bits per heavy atom. The summed E-state index contributed by atoms with van der Waals surface area (Å²) in [5.41, 5.74) is 9.09. The van der Waals surface area contributed by atoms with Crippen molar-refractivity contribution in [2.24, 2.45) is 0 Å². The summed E-state index contributed by atoms with van der Waals surface area (Å²) in [6.45, 7) is 10.8. The third-order valence-corrected chi connectivity index (χ3v) is 6.76. The van der Waals surface area contributed by atoms with E-state index in [0.29, 0.717) is 36.0 Å². The Morgan fingerprint density at radius 1 is 1.30 bits per heavy atom. The molecule has 3 aromatic rings. The molecule has 0 bridgehead atoms. The van der Waals surface area contributed by atoms with Crippen LogP contribution in [0.5, 0.6) is 0 Å². The van der Waals surface area contributed by atoms with E-state index in [-0.39, 0.29) is 18.1 Å². The molecule has 0 aliphatic carbocycles. The van der Waals surface area contributed by atoms with Gasteiger partial charge in [0.05, 0.1) is 29.5 Å². The van der Waals surface area contributed by atoms with Crippen LogP contribution in [0.15, 0.2) is 24.4 Å². The van der Waals surface area contributed by atoms with Crippen LogP contribution in [-0.4, -0.2) is 51.8 Å². The first-order valence-electron chi connectivity index (χ1n) is 11.1. The fraction of sp³-hybridized carbons (Fsp3) is 0.458. The van der Waals surface area contributed by atoms with Crippen LogP contribution in [0.4, 0.5) is 10.5 Å². The highest BCUT2D eigenvalue weighted by molar-refractivity contribution is 7.17. The zero-order chi connectivity index (χ0) is 23.9. The highest BCUT2D eigenvalue weighted by Gasteiger charge is 2.31. The number of ether oxygens (including phenoxy) is 2. The maximum absolute atomic E-state index is 12.5. The highest BCUT2D eigenvalue weighted by atomic mass is 32.1. The van der Waals surface area contributed by atoms with Gasteiger partial charge in [-0.15, -0.1) is 11.3 Å². The van der Waals surface area contributed by atoms with Gasteiger partial charge < -0.3 is 24.7 Å². The molecule has 3 heterocycles. The molecule has 1 aliphatic rings. The number of carbonyl (C=O) groups is 2. The fourth-order valence-electron chi connectivity index (χ4n) is 4.08. The predicted octanol–water partition coefficient (Wildman–Crippen LogP) is 5.01. The molecule has 4 rings (SSSR count). The van der Waals surface area contributed by atoms with E-state index in [4.69, 9.17) is 15.2 Å². The molecular formula is C24H30N4O4S. The Bertz CT molecular complexity index is 1210. The van der Waals surface area contributed by atoms with E-state index >= 15 is 0 Å². The maximum Gasteiger partial charge on any atom is 0.410 e. The molecule has 1 fully saturated rings. The number of likely N-dealkylation sites (tertiary alicyclic amines) is 1. The number of hydrogen-bond donors (Lipinski definition) is 1. The van der Waals surface area contributed by atoms with Crippen molar-refractivity contribution in [1.29, 1.82) is 0 Å². The molecule has 1 saturated heterocycles. The minimum atomic E-state index is -0.516. The molecule has 2 aromatic heterocycles. The average Bonchev–Trinajstić information content (AvgIpc) is 3.44. The van der Waals surface area contributed by atoms with Gasteiger partial charge in [0, 0.05) is 30.2 Å². The minimum Gasteiger partial charge on any atom is -0.462 e. The van der Waals surface area contributed by atoms with E-state index in [1.165, 1.54) is 11.3 Å². The molecule has 33 heavy (non-hydrogen) atoms. The Balaban J connectivity index is 1.59. The van der Waals surface area contributed by atoms with Crippen molar-refractivity contribution >= 4 is 40.0 Å². The molecule has 176 valence electrons. The predicted molar refractivity (Wildman–Crippen MR) is 130 cm³/mol. The number of nitrogens with two attached hydrogens (primary N) is 1. The molecule has 1 aromatic carbocycles. The van der Waals surface area contributed by atoms with Gasteiger partial charge in [0.2, 0.25) is 0 Å². The monoisotopic (exact) mass is 470 g/mol. The topological polar surface area (TPSA) is 99.7 Å². The van der Waals surface area contributed by atoms with E-state index in [1.807, 2.05) is 52.1 Å². The number of nitrogen functional groups attached to an aromatic ring is 1. The van der Waals surface area contributed by atoms with Gasteiger partial charge in [-0.3, -0.25) is 0 Å². The lowest BCUT2D eigenvalue weighted by Gasteiger charge is -2.24. The lowest BCUT2D eigenvalue weighted by Crippen LogP contribution is -2.35. The third-order valence-electron chi connectivity index (χ3n) is 5.58. The van der Waals surface area contributed by atoms with Crippen molar-refractivity contribution in [3.05, 3.63) is 35.0 Å². The van der Waals surface area contributed by atoms with Crippen LogP contribution < -0.4 is 5.73 Å². The van der Waals surface area contributed by atoms with Crippen molar-refractivity contribution in [2.75, 3.05) is 25.4 Å². The number of benzene rings is 1. The maximum atomic E-state index is 12.5. The number of amides is 1. The Morgan fingerprint density at radius 2 is 2.06 bits per heavy atom. The first-order chi connectivity index (χ1) is 15.6. The summed E-state index contributed by atoms with van der Waals surface area (Å²) in [6, 6.07) is 6.15. The number of esters is 1. The number of nitrogens with zero attached hydrogens (tertiary/aromatic N) is 3. The van der Waals surface area contributed by atoms with Crippen molar-refractivity contribution in [2.45, 2.75) is 52.7 Å². The van der Waals surface area contributed by atoms with Crippen molar-refractivity contribution in [1.82, 2.24) is 14.5 Å². The summed E-state index contributed by atoms with van der Waals surface area (Å²) in [5, 5.41) is 1.68. The van der Waals surface area contributed by atoms with Crippen LogP contribution in [-0.2, 0) is 9.47 Å². The smallest absolute Gasteiger partial charge is 0.410 e. The van der Waals surface area contributed by atoms with Crippen molar-refractivity contribution in [3.8, 4) is 10.6 Å². The molecule has 0 radical (unpaired) electrons. The SMILES string of the molecule is CCOC(=O)c1sc(-c2ccc3c(c2)c(N)cn3C2CCN(C(=O)OC(C)(C)C)C2)nc1C. The zero-order valence-electron chi connectivity index (χ0n) is 19.7. The summed E-state index contributed by atoms with van der Waals surface area (Å²) in [7, 11) is 0. The molecule has 1 amide bonds. The zero-order valence-corrected chi connectivity index (χ0v) is 20.5. The Kier molecular flexibility index (Phi) is 6.09. The van der Waals surface area contributed by atoms with Crippen molar-refractivity contribution < 1.29 is 19.1 Å². The normalized spacial score (nSPS) is 16.4. The summed E-state index contributed by atoms with van der Waals surface area (Å²) in [4.78, 5) is 31.5. The number of rotatable bonds is 4. The van der Waals surface area contributed by atoms with Gasteiger partial charge in [-0.05, 0) is 59.2 Å². The molecule has 1 aliphatic heterocycles. The first-order valence-corrected chi connectivity index (χ1v) is 11.9. The number of fused-ring (bicyclic) bond motifs is 1. The van der Waals surface area contributed by atoms with E-state index < -0.39 is 5.60 Å². The van der Waals surface area contributed by atoms with E-state index in [9.17, 15) is 9.59 Å². The summed E-state index contributed by atoms with van der Waals surface area (Å²) in [5.74, 6) is -0.346. The number of aryl methyl sites for hydroxylation is 1. The molecule has 0 spiro atoms. The number of hydrogen-bond acceptors (Lipinski definition) is 7. The molecule has 9 heteroatoms. The molecule has 0 saturated carbocycles. The Hall–Kier alpha value is -3.07. The van der Waals surface area contributed by atoms with Gasteiger partial charge in [-0.1, -0.05) is 0 Å². The van der Waals surface area contributed by atoms with Crippen LogP contribution in [0.1, 0.15) is 55.5 Å². The first kappa shape index (κ1) is 23.1. The number of thiazole rings is 1. The number of aromatic nitrogens is 2. The fourth-order valence-corrected chi connectivity index (χ4v) is 5.04. The van der Waals surface area contributed by atoms with E-state index in [0.717, 1.165) is 27.9 Å². The van der Waals surface area contributed by atoms with Crippen LogP contribution in [0.3, 0.4) is 0 Å². The van der Waals surface area contributed by atoms with Gasteiger partial charge in [0.1, 0.15) is 15.5 Å². The standard InChI is InChI=1S/C24H30N4O4S/c1-6-31-22(29)20-14(2)26-21(33-20)15-7-8-19-17(11-15)18(25)13-28(19)16-9-10-27(12-16)23(30)32-24(3,4)5/h7-8,11,13,16H,6,9-10,12,25H2,1-5H3. The quantitative estimate of drug-likeness (QED) is 0.538. The van der Waals surface area contributed by atoms with Gasteiger partial charge in [0.25, 0.3) is 0 Å². The molecular weight excluding hydrogens is 440 g/mol. The molecule has 1 unspecified atom stereocenters. The van der Waals surface area contributed by atoms with Gasteiger partial charge in [-0.2, -0.15) is 0 Å². The average molecular weight is 471 g/mol. The molecule has 2 N–H and O–H groups in total. The van der Waals surface area contributed by atoms with E-state index in [1.54, 1.807) is 11.8 Å². The Labute approximate surface area is 197 Å². The lowest BCUT2D eigenvalue weighted by atomic mass is 10.1. The van der Waals surface area contributed by atoms with Gasteiger partial charge >= 0.3 is 12.1 Å². The highest BCUT2D eigenvalue weighted by Crippen LogP contribution is 2.36. The lowest BCUT2D eigenvalue weighted by molar-refractivity contribution is 0.0289. The summed E-state index contributed by atoms with van der Waals surface area (Å²) in [6.07, 6.45) is 2.49. The van der Waals surface area contributed by atoms with Crippen LogP contribution in [0.25, 0.3) is 21.5 Å². The van der Waals surface area contributed by atoms with Crippen LogP contribution in [0, 0.1) is 6.92 Å². The van der Waals surface area contributed by atoms with Crippen molar-refractivity contribution in [3.63, 3.8) is 0 Å². The summed E-state index contributed by atoms with van der Waals surface area (Å²) >= 11 is 1.32. The second-order valence-electron chi connectivity index (χ2n) is 9.25. The third kappa shape index (κ3) is 4.68. The second-order valence-corrected chi connectivity index (χ2v) is 10.2. The van der Waals surface area contributed by atoms with E-state index in [2.05, 4.69) is 9.55 Å². The number of anilines is 1.